The summed E-state index contributed by atoms with van der Waals surface area (Å²) in [5.41, 5.74) is 4.65. The van der Waals surface area contributed by atoms with Crippen molar-refractivity contribution < 1.29 is 9.47 Å². The fourth-order valence-corrected chi connectivity index (χ4v) is 5.25. The van der Waals surface area contributed by atoms with Gasteiger partial charge < -0.3 is 19.8 Å². The number of aromatic amines is 1. The lowest BCUT2D eigenvalue weighted by Crippen LogP contribution is -2.53. The number of H-pyrrole nitrogens is 1. The van der Waals surface area contributed by atoms with Crippen LogP contribution in [-0.2, 0) is 4.74 Å². The summed E-state index contributed by atoms with van der Waals surface area (Å²) >= 11 is 0. The lowest BCUT2D eigenvalue weighted by atomic mass is 9.92. The predicted molar refractivity (Wildman–Crippen MR) is 122 cm³/mol. The van der Waals surface area contributed by atoms with E-state index in [1.807, 2.05) is 13.3 Å². The Labute approximate surface area is 182 Å². The number of fused-ring (bicyclic) bond motifs is 2. The Balaban J connectivity index is 1.36. The Bertz CT molecular complexity index is 1080. The van der Waals surface area contributed by atoms with Gasteiger partial charge in [-0.25, -0.2) is 4.98 Å². The molecular formula is C25H30N4O2. The van der Waals surface area contributed by atoms with Gasteiger partial charge in [-0.2, -0.15) is 0 Å². The highest BCUT2D eigenvalue weighted by Gasteiger charge is 2.37. The van der Waals surface area contributed by atoms with Crippen molar-refractivity contribution in [2.24, 2.45) is 0 Å². The Morgan fingerprint density at radius 3 is 2.97 bits per heavy atom. The number of nitrogens with zero attached hydrogens (tertiary/aromatic N) is 2. The number of aromatic nitrogens is 2. The maximum Gasteiger partial charge on any atom is 0.139 e. The summed E-state index contributed by atoms with van der Waals surface area (Å²) in [6.07, 6.45) is 7.05. The molecule has 0 spiro atoms. The molecule has 4 heterocycles. The van der Waals surface area contributed by atoms with E-state index in [1.165, 1.54) is 29.5 Å². The maximum atomic E-state index is 6.22. The molecule has 2 fully saturated rings. The molecule has 3 aromatic rings. The van der Waals surface area contributed by atoms with Gasteiger partial charge in [0.2, 0.25) is 0 Å². The summed E-state index contributed by atoms with van der Waals surface area (Å²) in [5.74, 6) is 1.66. The van der Waals surface area contributed by atoms with Gasteiger partial charge >= 0.3 is 0 Å². The Hall–Kier alpha value is -2.57. The van der Waals surface area contributed by atoms with E-state index < -0.39 is 0 Å². The van der Waals surface area contributed by atoms with Gasteiger partial charge in [0.25, 0.3) is 0 Å². The van der Waals surface area contributed by atoms with E-state index in [1.54, 1.807) is 0 Å². The topological polar surface area (TPSA) is 62.4 Å². The third-order valence-electron chi connectivity index (χ3n) is 7.14. The number of hydrogen-bond donors (Lipinski definition) is 2. The number of likely N-dealkylation sites (tertiary alicyclic amines) is 1. The van der Waals surface area contributed by atoms with Crippen molar-refractivity contribution in [3.05, 3.63) is 53.9 Å². The number of piperidine rings is 1. The van der Waals surface area contributed by atoms with Gasteiger partial charge in [0, 0.05) is 42.2 Å². The molecule has 2 aliphatic heterocycles. The van der Waals surface area contributed by atoms with Crippen LogP contribution in [0.3, 0.4) is 0 Å². The molecule has 162 valence electrons. The van der Waals surface area contributed by atoms with E-state index in [0.717, 1.165) is 43.0 Å². The molecule has 6 heteroatoms. The summed E-state index contributed by atoms with van der Waals surface area (Å²) in [5, 5.41) is 5.09. The highest BCUT2D eigenvalue weighted by atomic mass is 16.5. The Kier molecular flexibility index (Phi) is 4.84. The van der Waals surface area contributed by atoms with Crippen LogP contribution in [0.5, 0.6) is 5.75 Å². The number of nitrogens with one attached hydrogen (secondary N) is 2. The van der Waals surface area contributed by atoms with Gasteiger partial charge in [-0.15, -0.1) is 0 Å². The number of rotatable bonds is 5. The highest BCUT2D eigenvalue weighted by molar-refractivity contribution is 5.90. The summed E-state index contributed by atoms with van der Waals surface area (Å²) in [4.78, 5) is 10.7. The van der Waals surface area contributed by atoms with Crippen LogP contribution in [0.25, 0.3) is 11.0 Å². The first-order valence-corrected chi connectivity index (χ1v) is 11.5. The van der Waals surface area contributed by atoms with Gasteiger partial charge in [0.05, 0.1) is 18.2 Å². The molecule has 1 aromatic carbocycles. The normalized spacial score (nSPS) is 26.4. The van der Waals surface area contributed by atoms with Crippen molar-refractivity contribution in [2.75, 3.05) is 32.1 Å². The van der Waals surface area contributed by atoms with E-state index >= 15 is 0 Å². The van der Waals surface area contributed by atoms with Crippen LogP contribution in [0, 0.1) is 0 Å². The standard InChI is InChI=1S/C25H30N4O2/c1-30-17-5-4-12-29(14-17)22-15-31-23-7-3-2-6-18(23)24(22)27-20-10-11-26-25-19(20)13-21(28-25)16-8-9-16/h2-3,6-7,10-11,13,16-17,22,24H,4-5,8-9,12,14-15H2,1H3,(H2,26,27,28). The summed E-state index contributed by atoms with van der Waals surface area (Å²) < 4.78 is 11.9. The minimum Gasteiger partial charge on any atom is -0.491 e. The monoisotopic (exact) mass is 418 g/mol. The van der Waals surface area contributed by atoms with Crippen LogP contribution >= 0.6 is 0 Å². The van der Waals surface area contributed by atoms with Crippen molar-refractivity contribution in [2.45, 2.75) is 49.8 Å². The first-order chi connectivity index (χ1) is 15.3. The van der Waals surface area contributed by atoms with E-state index in [2.05, 4.69) is 56.6 Å². The third-order valence-corrected chi connectivity index (χ3v) is 7.14. The predicted octanol–water partition coefficient (Wildman–Crippen LogP) is 4.47. The quantitative estimate of drug-likeness (QED) is 0.640. The second kappa shape index (κ2) is 7.84. The molecule has 2 N–H and O–H groups in total. The van der Waals surface area contributed by atoms with Crippen LogP contribution in [0.4, 0.5) is 5.69 Å². The lowest BCUT2D eigenvalue weighted by molar-refractivity contribution is -0.00265. The second-order valence-corrected chi connectivity index (χ2v) is 9.15. The molecule has 1 saturated carbocycles. The molecule has 0 bridgehead atoms. The van der Waals surface area contributed by atoms with Crippen LogP contribution in [0.2, 0.25) is 0 Å². The summed E-state index contributed by atoms with van der Waals surface area (Å²) in [6, 6.07) is 13.2. The molecule has 3 unspecified atom stereocenters. The van der Waals surface area contributed by atoms with Crippen LogP contribution in [0.1, 0.15) is 48.9 Å². The van der Waals surface area contributed by atoms with Gasteiger partial charge in [-0.05, 0) is 56.3 Å². The number of anilines is 1. The van der Waals surface area contributed by atoms with Crippen molar-refractivity contribution in [1.82, 2.24) is 14.9 Å². The fourth-order valence-electron chi connectivity index (χ4n) is 5.25. The molecule has 1 aliphatic carbocycles. The van der Waals surface area contributed by atoms with Crippen LogP contribution in [0.15, 0.2) is 42.6 Å². The molecule has 6 rings (SSSR count). The van der Waals surface area contributed by atoms with Crippen molar-refractivity contribution >= 4 is 16.7 Å². The number of hydrogen-bond acceptors (Lipinski definition) is 5. The van der Waals surface area contributed by atoms with Gasteiger partial charge in [0.1, 0.15) is 18.0 Å². The average Bonchev–Trinajstić information content (AvgIpc) is 3.58. The minimum absolute atomic E-state index is 0.144. The minimum atomic E-state index is 0.144. The number of ether oxygens (including phenoxy) is 2. The zero-order valence-corrected chi connectivity index (χ0v) is 18.0. The van der Waals surface area contributed by atoms with E-state index in [4.69, 9.17) is 9.47 Å². The highest BCUT2D eigenvalue weighted by Crippen LogP contribution is 2.42. The zero-order valence-electron chi connectivity index (χ0n) is 18.0. The molecule has 3 aliphatic rings. The summed E-state index contributed by atoms with van der Waals surface area (Å²) in [6.45, 7) is 2.71. The third kappa shape index (κ3) is 3.58. The SMILES string of the molecule is COC1CCCN(C2COc3ccccc3C2Nc2ccnc3[nH]c(C4CC4)cc23)C1. The first kappa shape index (κ1) is 19.1. The second-order valence-electron chi connectivity index (χ2n) is 9.15. The molecule has 0 radical (unpaired) electrons. The average molecular weight is 419 g/mol. The van der Waals surface area contributed by atoms with Crippen LogP contribution in [-0.4, -0.2) is 53.8 Å². The maximum absolute atomic E-state index is 6.22. The van der Waals surface area contributed by atoms with Crippen molar-refractivity contribution in [3.8, 4) is 5.75 Å². The van der Waals surface area contributed by atoms with E-state index in [-0.39, 0.29) is 12.1 Å². The molecule has 3 atom stereocenters. The molecular weight excluding hydrogens is 388 g/mol. The Morgan fingerprint density at radius 1 is 1.19 bits per heavy atom. The van der Waals surface area contributed by atoms with Gasteiger partial charge in [0.15, 0.2) is 0 Å². The van der Waals surface area contributed by atoms with Crippen molar-refractivity contribution in [1.29, 1.82) is 0 Å². The molecule has 6 nitrogen and oxygen atoms in total. The largest absolute Gasteiger partial charge is 0.491 e. The fraction of sp³-hybridized carbons (Fsp3) is 0.480. The number of pyridine rings is 1. The van der Waals surface area contributed by atoms with Crippen LogP contribution < -0.4 is 10.1 Å². The smallest absolute Gasteiger partial charge is 0.139 e. The molecule has 31 heavy (non-hydrogen) atoms. The molecule has 1 saturated heterocycles. The van der Waals surface area contributed by atoms with E-state index in [0.29, 0.717) is 18.6 Å². The Morgan fingerprint density at radius 2 is 2.10 bits per heavy atom. The first-order valence-electron chi connectivity index (χ1n) is 11.5. The van der Waals surface area contributed by atoms with Crippen molar-refractivity contribution in [3.63, 3.8) is 0 Å². The van der Waals surface area contributed by atoms with Gasteiger partial charge in [-0.3, -0.25) is 4.90 Å². The number of methoxy groups -OCH3 is 1. The number of benzene rings is 1. The summed E-state index contributed by atoms with van der Waals surface area (Å²) in [7, 11) is 1.83. The lowest BCUT2D eigenvalue weighted by Gasteiger charge is -2.44. The van der Waals surface area contributed by atoms with Gasteiger partial charge in [-0.1, -0.05) is 18.2 Å². The molecule has 2 aromatic heterocycles. The van der Waals surface area contributed by atoms with E-state index in [9.17, 15) is 0 Å². The zero-order chi connectivity index (χ0) is 20.8. The molecule has 0 amide bonds. The number of para-hydroxylation sites is 1.